The molecule has 0 radical (unpaired) electrons. The molecule has 4 aromatic carbocycles. The second-order valence-electron chi connectivity index (χ2n) is 15.5. The van der Waals surface area contributed by atoms with Crippen molar-refractivity contribution in [2.24, 2.45) is 10.2 Å². The summed E-state index contributed by atoms with van der Waals surface area (Å²) in [5.74, 6) is 0.797. The van der Waals surface area contributed by atoms with E-state index < -0.39 is 5.91 Å². The molecular formula is C48H67N11O2. The van der Waals surface area contributed by atoms with Crippen LogP contribution in [0, 0.1) is 0 Å². The van der Waals surface area contributed by atoms with Gasteiger partial charge in [0.05, 0.1) is 11.3 Å². The second-order valence-corrected chi connectivity index (χ2v) is 15.5. The molecule has 326 valence electrons. The largest absolute Gasteiger partial charge is 0.505 e. The number of unbranched alkanes of at least 4 members (excludes halogenated alkanes) is 4. The van der Waals surface area contributed by atoms with Gasteiger partial charge in [-0.1, -0.05) is 95.8 Å². The number of fused-ring (bicyclic) bond motifs is 1. The fraction of sp³-hybridized carbons (Fsp3) is 0.458. The molecule has 0 bridgehead atoms. The molecule has 5 N–H and O–H groups in total. The Balaban J connectivity index is 1.28. The minimum atomic E-state index is -0.440. The Morgan fingerprint density at radius 3 is 1.66 bits per heavy atom. The Labute approximate surface area is 362 Å². The predicted molar refractivity (Wildman–Crippen MR) is 252 cm³/mol. The smallest absolute Gasteiger partial charge is 0.259 e. The quantitative estimate of drug-likeness (QED) is 0.0243. The van der Waals surface area contributed by atoms with Gasteiger partial charge in [0.15, 0.2) is 5.75 Å². The standard InChI is InChI=1S/C48H67N11O2/c1-5-9-30-58(31-10-6-2)34-18-28-49-46-53-47(50-29-19-35-59(32-11-7-3)33-12-8-4)55-48(54-46)52-39-24-26-40(27-25-39)56-57-43-41-23-17-16-20-37(41)36-42(44(43)60)45(61)51-38-21-14-13-15-22-38/h13-17,20-27,36,60H,5-12,18-19,28-35H2,1-4H3,(H,51,61)(H3,49,50,52,53,54,55). The summed E-state index contributed by atoms with van der Waals surface area (Å²) < 4.78 is 0. The number of carbonyl (C=O) groups excluding carboxylic acids is 1. The van der Waals surface area contributed by atoms with E-state index in [1.807, 2.05) is 66.7 Å². The van der Waals surface area contributed by atoms with Crippen LogP contribution >= 0.6 is 0 Å². The van der Waals surface area contributed by atoms with E-state index in [-0.39, 0.29) is 17.0 Å². The van der Waals surface area contributed by atoms with Gasteiger partial charge in [-0.05, 0) is 126 Å². The third kappa shape index (κ3) is 15.4. The lowest BCUT2D eigenvalue weighted by molar-refractivity contribution is 0.102. The number of aromatic hydroxyl groups is 1. The summed E-state index contributed by atoms with van der Waals surface area (Å²) in [5.41, 5.74) is 2.28. The van der Waals surface area contributed by atoms with Crippen molar-refractivity contribution in [3.05, 3.63) is 90.5 Å². The third-order valence-corrected chi connectivity index (χ3v) is 10.5. The highest BCUT2D eigenvalue weighted by molar-refractivity contribution is 6.11. The first-order valence-corrected chi connectivity index (χ1v) is 22.5. The lowest BCUT2D eigenvalue weighted by atomic mass is 10.0. The zero-order chi connectivity index (χ0) is 43.1. The van der Waals surface area contributed by atoms with Crippen LogP contribution in [0.2, 0.25) is 0 Å². The van der Waals surface area contributed by atoms with Gasteiger partial charge in [0.1, 0.15) is 5.69 Å². The van der Waals surface area contributed by atoms with Crippen molar-refractivity contribution < 1.29 is 9.90 Å². The van der Waals surface area contributed by atoms with E-state index in [1.165, 1.54) is 51.4 Å². The van der Waals surface area contributed by atoms with E-state index in [9.17, 15) is 9.90 Å². The number of nitrogens with one attached hydrogen (secondary N) is 4. The average molecular weight is 830 g/mol. The summed E-state index contributed by atoms with van der Waals surface area (Å²) in [5, 5.41) is 34.8. The Morgan fingerprint density at radius 1 is 0.590 bits per heavy atom. The molecule has 0 saturated carbocycles. The SMILES string of the molecule is CCCCN(CCCC)CCCNc1nc(NCCCN(CCCC)CCCC)nc(Nc2ccc(N=Nc3c(O)c(C(=O)Nc4ccccc4)cc4ccccc34)cc2)n1. The maximum Gasteiger partial charge on any atom is 0.259 e. The number of rotatable bonds is 28. The molecule has 0 spiro atoms. The van der Waals surface area contributed by atoms with Gasteiger partial charge in [-0.25, -0.2) is 0 Å². The Morgan fingerprint density at radius 2 is 1.10 bits per heavy atom. The van der Waals surface area contributed by atoms with Gasteiger partial charge in [-0.2, -0.15) is 20.1 Å². The van der Waals surface area contributed by atoms with Crippen LogP contribution in [-0.2, 0) is 0 Å². The fourth-order valence-electron chi connectivity index (χ4n) is 6.95. The van der Waals surface area contributed by atoms with Crippen LogP contribution in [0.5, 0.6) is 5.75 Å². The normalized spacial score (nSPS) is 11.5. The van der Waals surface area contributed by atoms with Gasteiger partial charge >= 0.3 is 0 Å². The van der Waals surface area contributed by atoms with Crippen molar-refractivity contribution >= 4 is 57.3 Å². The van der Waals surface area contributed by atoms with Crippen molar-refractivity contribution in [3.8, 4) is 5.75 Å². The van der Waals surface area contributed by atoms with Crippen molar-refractivity contribution in [1.82, 2.24) is 24.8 Å². The zero-order valence-electron chi connectivity index (χ0n) is 36.8. The lowest BCUT2D eigenvalue weighted by Crippen LogP contribution is -2.28. The van der Waals surface area contributed by atoms with Gasteiger partial charge in [0.25, 0.3) is 5.91 Å². The average Bonchev–Trinajstić information content (AvgIpc) is 3.28. The maximum absolute atomic E-state index is 13.3. The van der Waals surface area contributed by atoms with E-state index >= 15 is 0 Å². The number of phenolic OH excluding ortho intramolecular Hbond substituents is 1. The first-order valence-electron chi connectivity index (χ1n) is 22.5. The number of amides is 1. The van der Waals surface area contributed by atoms with Crippen molar-refractivity contribution in [2.75, 3.05) is 73.6 Å². The number of benzene rings is 4. The summed E-state index contributed by atoms with van der Waals surface area (Å²) in [4.78, 5) is 32.7. The van der Waals surface area contributed by atoms with E-state index in [1.54, 1.807) is 18.2 Å². The van der Waals surface area contributed by atoms with Gasteiger partial charge < -0.3 is 36.2 Å². The van der Waals surface area contributed by atoms with Crippen LogP contribution in [0.3, 0.4) is 0 Å². The monoisotopic (exact) mass is 830 g/mol. The molecule has 61 heavy (non-hydrogen) atoms. The van der Waals surface area contributed by atoms with E-state index in [0.29, 0.717) is 34.6 Å². The molecule has 0 aliphatic heterocycles. The molecule has 5 rings (SSSR count). The molecule has 1 heterocycles. The molecule has 0 fully saturated rings. The van der Waals surface area contributed by atoms with Crippen LogP contribution in [0.25, 0.3) is 10.8 Å². The van der Waals surface area contributed by atoms with Crippen LogP contribution < -0.4 is 21.3 Å². The van der Waals surface area contributed by atoms with Crippen molar-refractivity contribution in [1.29, 1.82) is 0 Å². The predicted octanol–water partition coefficient (Wildman–Crippen LogP) is 11.6. The highest BCUT2D eigenvalue weighted by atomic mass is 16.3. The van der Waals surface area contributed by atoms with Crippen LogP contribution in [0.1, 0.15) is 102 Å². The number of hydrogen-bond acceptors (Lipinski definition) is 12. The maximum atomic E-state index is 13.3. The Kier molecular flexibility index (Phi) is 19.7. The number of hydrogen-bond donors (Lipinski definition) is 5. The number of phenols is 1. The Hall–Kier alpha value is -5.66. The van der Waals surface area contributed by atoms with Crippen LogP contribution in [0.4, 0.5) is 40.6 Å². The molecule has 0 saturated heterocycles. The molecule has 0 unspecified atom stereocenters. The molecule has 13 heteroatoms. The molecule has 0 atom stereocenters. The number of aromatic nitrogens is 3. The van der Waals surface area contributed by atoms with Crippen molar-refractivity contribution in [2.45, 2.75) is 91.9 Å². The van der Waals surface area contributed by atoms with E-state index in [4.69, 9.17) is 15.0 Å². The highest BCUT2D eigenvalue weighted by Crippen LogP contribution is 2.39. The summed E-state index contributed by atoms with van der Waals surface area (Å²) >= 11 is 0. The highest BCUT2D eigenvalue weighted by Gasteiger charge is 2.19. The van der Waals surface area contributed by atoms with Gasteiger partial charge in [-0.15, -0.1) is 5.11 Å². The van der Waals surface area contributed by atoms with Gasteiger partial charge in [-0.3, -0.25) is 4.79 Å². The van der Waals surface area contributed by atoms with E-state index in [2.05, 4.69) is 69.0 Å². The van der Waals surface area contributed by atoms with Gasteiger partial charge in [0, 0.05) is 29.9 Å². The second kappa shape index (κ2) is 25.8. The lowest BCUT2D eigenvalue weighted by Gasteiger charge is -2.22. The molecule has 1 aromatic heterocycles. The number of carbonyl (C=O) groups is 1. The first-order chi connectivity index (χ1) is 29.9. The van der Waals surface area contributed by atoms with Crippen molar-refractivity contribution in [3.63, 3.8) is 0 Å². The number of anilines is 5. The van der Waals surface area contributed by atoms with Crippen LogP contribution in [-0.4, -0.2) is 88.1 Å². The van der Waals surface area contributed by atoms with Gasteiger partial charge in [0.2, 0.25) is 17.8 Å². The molecule has 0 aliphatic rings. The first kappa shape index (κ1) is 46.4. The molecular weight excluding hydrogens is 763 g/mol. The summed E-state index contributed by atoms with van der Waals surface area (Å²) in [7, 11) is 0. The molecule has 5 aromatic rings. The zero-order valence-corrected chi connectivity index (χ0v) is 36.8. The minimum Gasteiger partial charge on any atom is -0.505 e. The Bertz CT molecular complexity index is 2020. The minimum absolute atomic E-state index is 0.109. The summed E-state index contributed by atoms with van der Waals surface area (Å²) in [6, 6.07) is 25.7. The molecule has 1 amide bonds. The summed E-state index contributed by atoms with van der Waals surface area (Å²) in [6.07, 6.45) is 11.7. The fourth-order valence-corrected chi connectivity index (χ4v) is 6.95. The topological polar surface area (TPSA) is 155 Å². The third-order valence-electron chi connectivity index (χ3n) is 10.5. The van der Waals surface area contributed by atoms with Crippen LogP contribution in [0.15, 0.2) is 95.2 Å². The number of nitrogens with zero attached hydrogens (tertiary/aromatic N) is 7. The van der Waals surface area contributed by atoms with E-state index in [0.717, 1.165) is 76.3 Å². The number of azo groups is 1. The molecule has 13 nitrogen and oxygen atoms in total. The molecule has 0 aliphatic carbocycles. The number of para-hydroxylation sites is 1. The summed E-state index contributed by atoms with van der Waals surface area (Å²) in [6.45, 7) is 17.1.